The monoisotopic (exact) mass is 201 g/mol. The largest absolute Gasteiger partial charge is 0.495 e. The second-order valence-corrected chi connectivity index (χ2v) is 2.60. The maximum Gasteiger partial charge on any atom is 0.356 e. The topological polar surface area (TPSA) is 48.4 Å². The molecule has 0 atom stereocenters. The molecule has 4 nitrogen and oxygen atoms in total. The molecule has 0 saturated heterocycles. The molecule has 13 heavy (non-hydrogen) atoms. The molecule has 0 radical (unpaired) electrons. The number of nitrogens with zero attached hydrogens (tertiary/aromatic N) is 1. The fourth-order valence-electron chi connectivity index (χ4n) is 0.793. The molecule has 1 aromatic rings. The zero-order valence-electron chi connectivity index (χ0n) is 7.20. The van der Waals surface area contributed by atoms with Crippen molar-refractivity contribution < 1.29 is 14.3 Å². The van der Waals surface area contributed by atoms with Crippen molar-refractivity contribution in [1.82, 2.24) is 4.98 Å². The fraction of sp³-hybridized carbons (Fsp3) is 0.250. The first-order valence-electron chi connectivity index (χ1n) is 3.47. The van der Waals surface area contributed by atoms with Gasteiger partial charge in [-0.2, -0.15) is 0 Å². The number of hydrogen-bond acceptors (Lipinski definition) is 4. The Labute approximate surface area is 80.4 Å². The Hall–Kier alpha value is -1.29. The third-order valence-electron chi connectivity index (χ3n) is 1.43. The third kappa shape index (κ3) is 2.09. The van der Waals surface area contributed by atoms with E-state index in [1.54, 1.807) is 0 Å². The van der Waals surface area contributed by atoms with Crippen LogP contribution in [-0.4, -0.2) is 25.2 Å². The Morgan fingerprint density at radius 1 is 1.54 bits per heavy atom. The molecule has 0 aliphatic heterocycles. The van der Waals surface area contributed by atoms with Crippen molar-refractivity contribution in [2.24, 2.45) is 0 Å². The van der Waals surface area contributed by atoms with E-state index >= 15 is 0 Å². The maximum absolute atomic E-state index is 11.0. The summed E-state index contributed by atoms with van der Waals surface area (Å²) >= 11 is 5.70. The summed E-state index contributed by atoms with van der Waals surface area (Å²) in [5.41, 5.74) is 0.170. The SMILES string of the molecule is COC(=O)c1cc(OC)c(Cl)cn1. The highest BCUT2D eigenvalue weighted by Gasteiger charge is 2.10. The van der Waals surface area contributed by atoms with Gasteiger partial charge in [-0.05, 0) is 0 Å². The Kier molecular flexibility index (Phi) is 3.08. The molecule has 0 aliphatic carbocycles. The van der Waals surface area contributed by atoms with Crippen LogP contribution >= 0.6 is 11.6 Å². The van der Waals surface area contributed by atoms with Crippen LogP contribution in [-0.2, 0) is 4.74 Å². The van der Waals surface area contributed by atoms with Crippen LogP contribution in [0.5, 0.6) is 5.75 Å². The van der Waals surface area contributed by atoms with Crippen LogP contribution in [0.4, 0.5) is 0 Å². The second-order valence-electron chi connectivity index (χ2n) is 2.20. The van der Waals surface area contributed by atoms with Gasteiger partial charge in [0.15, 0.2) is 5.69 Å². The molecule has 0 aromatic carbocycles. The lowest BCUT2D eigenvalue weighted by Crippen LogP contribution is -2.04. The van der Waals surface area contributed by atoms with Crippen LogP contribution in [0.25, 0.3) is 0 Å². The molecule has 0 saturated carbocycles. The van der Waals surface area contributed by atoms with Gasteiger partial charge in [-0.3, -0.25) is 0 Å². The minimum Gasteiger partial charge on any atom is -0.495 e. The van der Waals surface area contributed by atoms with Crippen LogP contribution in [0.2, 0.25) is 5.02 Å². The summed E-state index contributed by atoms with van der Waals surface area (Å²) in [7, 11) is 2.74. The number of methoxy groups -OCH3 is 2. The molecule has 5 heteroatoms. The summed E-state index contributed by atoms with van der Waals surface area (Å²) in [5, 5.41) is 0.357. The first-order valence-corrected chi connectivity index (χ1v) is 3.84. The van der Waals surface area contributed by atoms with Crippen molar-refractivity contribution >= 4 is 17.6 Å². The van der Waals surface area contributed by atoms with Gasteiger partial charge in [0, 0.05) is 6.07 Å². The fourth-order valence-corrected chi connectivity index (χ4v) is 0.973. The average Bonchev–Trinajstić information content (AvgIpc) is 2.17. The molecular formula is C8H8ClNO3. The van der Waals surface area contributed by atoms with E-state index < -0.39 is 5.97 Å². The molecule has 0 N–H and O–H groups in total. The van der Waals surface area contributed by atoms with Crippen LogP contribution < -0.4 is 4.74 Å². The molecule has 0 bridgehead atoms. The first kappa shape index (κ1) is 9.80. The Bertz CT molecular complexity index is 327. The van der Waals surface area contributed by atoms with Crippen molar-refractivity contribution in [1.29, 1.82) is 0 Å². The van der Waals surface area contributed by atoms with E-state index in [1.807, 2.05) is 0 Å². The molecule has 1 heterocycles. The summed E-state index contributed by atoms with van der Waals surface area (Å²) in [5.74, 6) is -0.118. The number of ether oxygens (including phenoxy) is 2. The Balaban J connectivity index is 3.06. The minimum absolute atomic E-state index is 0.170. The van der Waals surface area contributed by atoms with E-state index in [4.69, 9.17) is 16.3 Å². The Morgan fingerprint density at radius 3 is 2.77 bits per heavy atom. The van der Waals surface area contributed by atoms with E-state index in [1.165, 1.54) is 26.5 Å². The number of rotatable bonds is 2. The number of esters is 1. The predicted molar refractivity (Wildman–Crippen MR) is 47.1 cm³/mol. The summed E-state index contributed by atoms with van der Waals surface area (Å²) in [6, 6.07) is 1.42. The van der Waals surface area contributed by atoms with Gasteiger partial charge in [0.2, 0.25) is 0 Å². The number of carbonyl (C=O) groups excluding carboxylic acids is 1. The standard InChI is InChI=1S/C8H8ClNO3/c1-12-7-3-6(8(11)13-2)10-4-5(7)9/h3-4H,1-2H3. The van der Waals surface area contributed by atoms with Gasteiger partial charge < -0.3 is 9.47 Å². The normalized spacial score (nSPS) is 9.46. The van der Waals surface area contributed by atoms with Crippen molar-refractivity contribution in [2.45, 2.75) is 0 Å². The maximum atomic E-state index is 11.0. The van der Waals surface area contributed by atoms with Crippen molar-refractivity contribution in [2.75, 3.05) is 14.2 Å². The molecule has 1 rings (SSSR count). The van der Waals surface area contributed by atoms with E-state index in [2.05, 4.69) is 9.72 Å². The third-order valence-corrected chi connectivity index (χ3v) is 1.72. The van der Waals surface area contributed by atoms with Crippen LogP contribution in [0.15, 0.2) is 12.3 Å². The number of hydrogen-bond donors (Lipinski definition) is 0. The van der Waals surface area contributed by atoms with Crippen LogP contribution in [0, 0.1) is 0 Å². The van der Waals surface area contributed by atoms with Crippen molar-refractivity contribution in [3.05, 3.63) is 23.0 Å². The summed E-state index contributed by atoms with van der Waals surface area (Å²) < 4.78 is 9.38. The van der Waals surface area contributed by atoms with E-state index in [9.17, 15) is 4.79 Å². The smallest absolute Gasteiger partial charge is 0.356 e. The highest BCUT2D eigenvalue weighted by atomic mass is 35.5. The highest BCUT2D eigenvalue weighted by molar-refractivity contribution is 6.32. The van der Waals surface area contributed by atoms with Gasteiger partial charge in [-0.1, -0.05) is 11.6 Å². The van der Waals surface area contributed by atoms with E-state index in [0.29, 0.717) is 10.8 Å². The minimum atomic E-state index is -0.519. The van der Waals surface area contributed by atoms with Crippen molar-refractivity contribution in [3.63, 3.8) is 0 Å². The molecule has 70 valence electrons. The van der Waals surface area contributed by atoms with E-state index in [-0.39, 0.29) is 5.69 Å². The molecule has 0 amide bonds. The van der Waals surface area contributed by atoms with Crippen molar-refractivity contribution in [3.8, 4) is 5.75 Å². The van der Waals surface area contributed by atoms with E-state index in [0.717, 1.165) is 0 Å². The summed E-state index contributed by atoms with van der Waals surface area (Å²) in [6.45, 7) is 0. The molecular weight excluding hydrogens is 194 g/mol. The van der Waals surface area contributed by atoms with Gasteiger partial charge in [-0.15, -0.1) is 0 Å². The Morgan fingerprint density at radius 2 is 2.23 bits per heavy atom. The lowest BCUT2D eigenvalue weighted by molar-refractivity contribution is 0.0593. The number of halogens is 1. The highest BCUT2D eigenvalue weighted by Crippen LogP contribution is 2.23. The molecule has 0 aliphatic rings. The lowest BCUT2D eigenvalue weighted by atomic mass is 10.3. The molecule has 0 unspecified atom stereocenters. The van der Waals surface area contributed by atoms with Crippen LogP contribution in [0.3, 0.4) is 0 Å². The molecule has 0 fully saturated rings. The zero-order valence-corrected chi connectivity index (χ0v) is 7.96. The van der Waals surface area contributed by atoms with Gasteiger partial charge in [0.25, 0.3) is 0 Å². The molecule has 1 aromatic heterocycles. The van der Waals surface area contributed by atoms with Gasteiger partial charge in [0.05, 0.1) is 20.4 Å². The quantitative estimate of drug-likeness (QED) is 0.681. The summed E-state index contributed by atoms with van der Waals surface area (Å²) in [6.07, 6.45) is 1.34. The summed E-state index contributed by atoms with van der Waals surface area (Å²) in [4.78, 5) is 14.8. The van der Waals surface area contributed by atoms with Gasteiger partial charge in [-0.25, -0.2) is 9.78 Å². The van der Waals surface area contributed by atoms with Gasteiger partial charge >= 0.3 is 5.97 Å². The molecule has 0 spiro atoms. The van der Waals surface area contributed by atoms with Gasteiger partial charge in [0.1, 0.15) is 10.8 Å². The first-order chi connectivity index (χ1) is 6.19. The zero-order chi connectivity index (χ0) is 9.84. The number of pyridine rings is 1. The average molecular weight is 202 g/mol. The number of aromatic nitrogens is 1. The number of carbonyl (C=O) groups is 1. The predicted octanol–water partition coefficient (Wildman–Crippen LogP) is 1.53. The lowest BCUT2D eigenvalue weighted by Gasteiger charge is -2.03. The second kappa shape index (κ2) is 4.09. The van der Waals surface area contributed by atoms with Crippen LogP contribution in [0.1, 0.15) is 10.5 Å².